The van der Waals surface area contributed by atoms with Crippen LogP contribution in [0.5, 0.6) is 0 Å². The van der Waals surface area contributed by atoms with Crippen LogP contribution in [-0.2, 0) is 10.0 Å². The number of carbonyl (C=O) groups is 1. The number of nitrogens with one attached hydrogen (secondary N) is 2. The molecule has 0 radical (unpaired) electrons. The SMILES string of the molecule is C#CCNS(=O)(=O)c1c[nH]c(C(=O)O)c1. The summed E-state index contributed by atoms with van der Waals surface area (Å²) in [6, 6.07) is 1.02. The Kier molecular flexibility index (Phi) is 3.14. The molecule has 0 aliphatic rings. The molecular formula is C8H8N2O4S. The summed E-state index contributed by atoms with van der Waals surface area (Å²) in [4.78, 5) is 12.6. The maximum absolute atomic E-state index is 11.4. The van der Waals surface area contributed by atoms with Gasteiger partial charge in [-0.1, -0.05) is 5.92 Å². The molecule has 3 N–H and O–H groups in total. The van der Waals surface area contributed by atoms with Gasteiger partial charge in [0.1, 0.15) is 10.6 Å². The van der Waals surface area contributed by atoms with Crippen LogP contribution in [0, 0.1) is 12.3 Å². The number of carboxylic acid groups (broad SMARTS) is 1. The Labute approximate surface area is 86.4 Å². The summed E-state index contributed by atoms with van der Waals surface area (Å²) in [5, 5.41) is 8.56. The summed E-state index contributed by atoms with van der Waals surface area (Å²) in [6.45, 7) is -0.143. The minimum atomic E-state index is -3.72. The average molecular weight is 228 g/mol. The van der Waals surface area contributed by atoms with E-state index in [1.165, 1.54) is 0 Å². The lowest BCUT2D eigenvalue weighted by Crippen LogP contribution is -2.23. The number of aromatic carboxylic acids is 1. The Morgan fingerprint density at radius 2 is 2.33 bits per heavy atom. The first-order valence-electron chi connectivity index (χ1n) is 3.82. The monoisotopic (exact) mass is 228 g/mol. The van der Waals surface area contributed by atoms with Gasteiger partial charge in [-0.15, -0.1) is 6.42 Å². The summed E-state index contributed by atoms with van der Waals surface area (Å²) in [7, 11) is -3.72. The van der Waals surface area contributed by atoms with E-state index in [4.69, 9.17) is 11.5 Å². The van der Waals surface area contributed by atoms with Crippen molar-refractivity contribution < 1.29 is 18.3 Å². The van der Waals surface area contributed by atoms with Crippen molar-refractivity contribution in [3.63, 3.8) is 0 Å². The number of terminal acetylenes is 1. The molecule has 1 aromatic rings. The van der Waals surface area contributed by atoms with E-state index < -0.39 is 16.0 Å². The molecule has 0 unspecified atom stereocenters. The molecule has 1 rings (SSSR count). The number of rotatable bonds is 4. The van der Waals surface area contributed by atoms with Gasteiger partial charge in [0.15, 0.2) is 0 Å². The van der Waals surface area contributed by atoms with E-state index in [0.29, 0.717) is 0 Å². The van der Waals surface area contributed by atoms with E-state index in [-0.39, 0.29) is 17.1 Å². The lowest BCUT2D eigenvalue weighted by molar-refractivity contribution is 0.0691. The molecule has 80 valence electrons. The number of hydrogen-bond donors (Lipinski definition) is 3. The predicted octanol–water partition coefficient (Wildman–Crippen LogP) is -0.376. The van der Waals surface area contributed by atoms with Crippen molar-refractivity contribution in [1.82, 2.24) is 9.71 Å². The fourth-order valence-electron chi connectivity index (χ4n) is 0.873. The molecule has 0 aliphatic carbocycles. The molecule has 6 nitrogen and oxygen atoms in total. The van der Waals surface area contributed by atoms with Gasteiger partial charge in [0.2, 0.25) is 10.0 Å². The molecule has 0 amide bonds. The van der Waals surface area contributed by atoms with Crippen LogP contribution < -0.4 is 4.72 Å². The Bertz CT molecular complexity index is 509. The molecule has 7 heteroatoms. The molecule has 0 saturated carbocycles. The third-order valence-corrected chi connectivity index (χ3v) is 2.94. The van der Waals surface area contributed by atoms with Crippen molar-refractivity contribution in [3.05, 3.63) is 18.0 Å². The number of hydrogen-bond acceptors (Lipinski definition) is 3. The molecular weight excluding hydrogens is 220 g/mol. The Morgan fingerprint density at radius 3 is 2.80 bits per heavy atom. The highest BCUT2D eigenvalue weighted by Gasteiger charge is 2.16. The molecule has 1 heterocycles. The molecule has 0 saturated heterocycles. The highest BCUT2D eigenvalue weighted by atomic mass is 32.2. The quantitative estimate of drug-likeness (QED) is 0.612. The zero-order valence-corrected chi connectivity index (χ0v) is 8.34. The second-order valence-electron chi connectivity index (χ2n) is 2.58. The first-order valence-corrected chi connectivity index (χ1v) is 5.30. The van der Waals surface area contributed by atoms with Crippen molar-refractivity contribution in [2.45, 2.75) is 4.90 Å². The molecule has 0 spiro atoms. The van der Waals surface area contributed by atoms with Crippen LogP contribution in [0.2, 0.25) is 0 Å². The Morgan fingerprint density at radius 1 is 1.67 bits per heavy atom. The summed E-state index contributed by atoms with van der Waals surface area (Å²) in [6.07, 6.45) is 5.97. The fourth-order valence-corrected chi connectivity index (χ4v) is 1.80. The van der Waals surface area contributed by atoms with Gasteiger partial charge in [-0.3, -0.25) is 0 Å². The second-order valence-corrected chi connectivity index (χ2v) is 4.35. The molecule has 1 aromatic heterocycles. The maximum Gasteiger partial charge on any atom is 0.352 e. The van der Waals surface area contributed by atoms with Gasteiger partial charge in [-0.05, 0) is 6.07 Å². The van der Waals surface area contributed by atoms with Gasteiger partial charge in [0.25, 0.3) is 0 Å². The van der Waals surface area contributed by atoms with E-state index in [9.17, 15) is 13.2 Å². The second kappa shape index (κ2) is 4.16. The summed E-state index contributed by atoms with van der Waals surface area (Å²) >= 11 is 0. The Hall–Kier alpha value is -1.78. The molecule has 0 fully saturated rings. The lowest BCUT2D eigenvalue weighted by Gasteiger charge is -1.99. The minimum absolute atomic E-state index is 0.143. The van der Waals surface area contributed by atoms with Crippen molar-refractivity contribution in [3.8, 4) is 12.3 Å². The standard InChI is InChI=1S/C8H8N2O4S/c1-2-3-10-15(13,14)6-4-7(8(11)12)9-5-6/h1,4-5,9-10H,3H2,(H,11,12). The van der Waals surface area contributed by atoms with E-state index in [2.05, 4.69) is 15.6 Å². The third-order valence-electron chi connectivity index (χ3n) is 1.56. The summed E-state index contributed by atoms with van der Waals surface area (Å²) < 4.78 is 24.9. The van der Waals surface area contributed by atoms with E-state index in [1.807, 2.05) is 0 Å². The van der Waals surface area contributed by atoms with Crippen LogP contribution in [0.1, 0.15) is 10.5 Å². The van der Waals surface area contributed by atoms with E-state index in [0.717, 1.165) is 12.3 Å². The molecule has 0 aliphatic heterocycles. The smallest absolute Gasteiger partial charge is 0.352 e. The average Bonchev–Trinajstić information content (AvgIpc) is 2.64. The van der Waals surface area contributed by atoms with Crippen molar-refractivity contribution in [1.29, 1.82) is 0 Å². The number of aromatic amines is 1. The maximum atomic E-state index is 11.4. The number of H-pyrrole nitrogens is 1. The number of sulfonamides is 1. The van der Waals surface area contributed by atoms with Crippen molar-refractivity contribution >= 4 is 16.0 Å². The number of carboxylic acids is 1. The van der Waals surface area contributed by atoms with Crippen LogP contribution in [0.15, 0.2) is 17.2 Å². The van der Waals surface area contributed by atoms with Crippen LogP contribution >= 0.6 is 0 Å². The Balaban J connectivity index is 2.97. The topological polar surface area (TPSA) is 99.3 Å². The van der Waals surface area contributed by atoms with Crippen LogP contribution in [0.25, 0.3) is 0 Å². The first kappa shape index (κ1) is 11.3. The summed E-state index contributed by atoms with van der Waals surface area (Å²) in [5.41, 5.74) is -0.198. The van der Waals surface area contributed by atoms with Gasteiger partial charge >= 0.3 is 5.97 Å². The molecule has 0 atom stereocenters. The normalized spacial score (nSPS) is 10.9. The lowest BCUT2D eigenvalue weighted by atomic mass is 10.4. The third kappa shape index (κ3) is 2.59. The van der Waals surface area contributed by atoms with Gasteiger partial charge in [0, 0.05) is 6.20 Å². The van der Waals surface area contributed by atoms with E-state index >= 15 is 0 Å². The largest absolute Gasteiger partial charge is 0.477 e. The van der Waals surface area contributed by atoms with Crippen molar-refractivity contribution in [2.75, 3.05) is 6.54 Å². The van der Waals surface area contributed by atoms with E-state index in [1.54, 1.807) is 0 Å². The minimum Gasteiger partial charge on any atom is -0.477 e. The van der Waals surface area contributed by atoms with Crippen LogP contribution in [0.3, 0.4) is 0 Å². The van der Waals surface area contributed by atoms with Crippen LogP contribution in [0.4, 0.5) is 0 Å². The van der Waals surface area contributed by atoms with Gasteiger partial charge < -0.3 is 10.1 Å². The zero-order chi connectivity index (χ0) is 11.5. The summed E-state index contributed by atoms with van der Waals surface area (Å²) in [5.74, 6) is 0.878. The molecule has 0 bridgehead atoms. The fraction of sp³-hybridized carbons (Fsp3) is 0.125. The predicted molar refractivity (Wildman–Crippen MR) is 51.8 cm³/mol. The highest BCUT2D eigenvalue weighted by molar-refractivity contribution is 7.89. The van der Waals surface area contributed by atoms with Gasteiger partial charge in [-0.25, -0.2) is 13.2 Å². The molecule has 15 heavy (non-hydrogen) atoms. The first-order chi connectivity index (χ1) is 6.97. The van der Waals surface area contributed by atoms with Crippen LogP contribution in [-0.4, -0.2) is 31.0 Å². The van der Waals surface area contributed by atoms with Gasteiger partial charge in [0.05, 0.1) is 6.54 Å². The zero-order valence-electron chi connectivity index (χ0n) is 7.52. The highest BCUT2D eigenvalue weighted by Crippen LogP contribution is 2.09. The van der Waals surface area contributed by atoms with Crippen molar-refractivity contribution in [2.24, 2.45) is 0 Å². The van der Waals surface area contributed by atoms with Gasteiger partial charge in [-0.2, -0.15) is 4.72 Å². The molecule has 0 aromatic carbocycles. The number of aromatic nitrogens is 1.